The third kappa shape index (κ3) is 3.54. The highest BCUT2D eigenvalue weighted by Gasteiger charge is 2.37. The van der Waals surface area contributed by atoms with E-state index in [4.69, 9.17) is 16.6 Å². The van der Waals surface area contributed by atoms with Crippen molar-refractivity contribution in [2.75, 3.05) is 16.8 Å². The molecule has 1 fully saturated rings. The first kappa shape index (κ1) is 18.7. The first-order valence-electron chi connectivity index (χ1n) is 9.48. The van der Waals surface area contributed by atoms with Crippen LogP contribution in [0.5, 0.6) is 0 Å². The molecule has 4 rings (SSSR count). The summed E-state index contributed by atoms with van der Waals surface area (Å²) in [6.45, 7) is 3.99. The maximum Gasteiger partial charge on any atom is 0.244 e. The number of aryl methyl sites for hydroxylation is 2. The fourth-order valence-corrected chi connectivity index (χ4v) is 3.95. The van der Waals surface area contributed by atoms with E-state index in [9.17, 15) is 9.59 Å². The Labute approximate surface area is 169 Å². The molecule has 1 heterocycles. The Morgan fingerprint density at radius 3 is 2.68 bits per heavy atom. The lowest BCUT2D eigenvalue weighted by atomic mass is 10.0. The van der Waals surface area contributed by atoms with Gasteiger partial charge >= 0.3 is 0 Å². The second kappa shape index (κ2) is 7.40. The molecule has 1 unspecified atom stereocenters. The van der Waals surface area contributed by atoms with E-state index < -0.39 is 0 Å². The first-order valence-corrected chi connectivity index (χ1v) is 9.85. The van der Waals surface area contributed by atoms with E-state index in [1.54, 1.807) is 29.2 Å². The summed E-state index contributed by atoms with van der Waals surface area (Å²) in [5.41, 5.74) is 5.26. The number of hydrogen-bond acceptors (Lipinski definition) is 3. The van der Waals surface area contributed by atoms with Gasteiger partial charge in [-0.2, -0.15) is 0 Å². The van der Waals surface area contributed by atoms with Gasteiger partial charge in [0.25, 0.3) is 0 Å². The Kier molecular flexibility index (Phi) is 4.94. The molecule has 0 spiro atoms. The van der Waals surface area contributed by atoms with Gasteiger partial charge < -0.3 is 10.2 Å². The molecule has 144 valence electrons. The van der Waals surface area contributed by atoms with Crippen molar-refractivity contribution in [3.8, 4) is 0 Å². The fourth-order valence-electron chi connectivity index (χ4n) is 3.82. The molecular weight excluding hydrogens is 374 g/mol. The zero-order chi connectivity index (χ0) is 19.8. The fraction of sp³-hybridized carbons (Fsp3) is 0.318. The van der Waals surface area contributed by atoms with Crippen LogP contribution in [0.25, 0.3) is 0 Å². The number of nitrogens with zero attached hydrogens (tertiary/aromatic N) is 2. The lowest BCUT2D eigenvalue weighted by molar-refractivity contribution is -0.122. The number of amides is 2. The molecule has 2 aromatic rings. The number of nitrogens with one attached hydrogen (secondary N) is 1. The third-order valence-electron chi connectivity index (χ3n) is 5.47. The van der Waals surface area contributed by atoms with Gasteiger partial charge in [-0.05, 0) is 80.6 Å². The standard InChI is InChI=1S/C22H22ClN3O2/c1-13-10-19-20(11-14(13)2)26(22(28)17-4-3-5-18(17)25-19)12-21(27)24-16-8-6-15(23)7-9-16/h6-11,17H,3-5,12H2,1-2H3,(H,24,27). The van der Waals surface area contributed by atoms with Gasteiger partial charge in [0.1, 0.15) is 6.54 Å². The first-order chi connectivity index (χ1) is 13.4. The summed E-state index contributed by atoms with van der Waals surface area (Å²) < 4.78 is 0. The van der Waals surface area contributed by atoms with Gasteiger partial charge in [-0.1, -0.05) is 11.6 Å². The van der Waals surface area contributed by atoms with Crippen LogP contribution in [0.3, 0.4) is 0 Å². The van der Waals surface area contributed by atoms with E-state index >= 15 is 0 Å². The van der Waals surface area contributed by atoms with E-state index in [-0.39, 0.29) is 24.3 Å². The van der Waals surface area contributed by atoms with Crippen molar-refractivity contribution in [1.82, 2.24) is 0 Å². The lowest BCUT2D eigenvalue weighted by Gasteiger charge is -2.25. The molecule has 2 aliphatic rings. The summed E-state index contributed by atoms with van der Waals surface area (Å²) >= 11 is 5.90. The summed E-state index contributed by atoms with van der Waals surface area (Å²) in [6.07, 6.45) is 2.59. The molecule has 1 atom stereocenters. The van der Waals surface area contributed by atoms with Gasteiger partial charge in [0.2, 0.25) is 11.8 Å². The number of hydrogen-bond donors (Lipinski definition) is 1. The average molecular weight is 396 g/mol. The molecule has 2 aromatic carbocycles. The number of anilines is 2. The summed E-state index contributed by atoms with van der Waals surface area (Å²) in [6, 6.07) is 10.9. The number of halogens is 1. The Hall–Kier alpha value is -2.66. The number of carbonyl (C=O) groups is 2. The van der Waals surface area contributed by atoms with Crippen molar-refractivity contribution in [2.45, 2.75) is 33.1 Å². The van der Waals surface area contributed by atoms with Crippen molar-refractivity contribution in [2.24, 2.45) is 10.9 Å². The molecule has 1 aliphatic carbocycles. The van der Waals surface area contributed by atoms with E-state index in [0.717, 1.165) is 41.8 Å². The van der Waals surface area contributed by atoms with Crippen LogP contribution in [0.2, 0.25) is 5.02 Å². The highest BCUT2D eigenvalue weighted by Crippen LogP contribution is 2.39. The van der Waals surface area contributed by atoms with E-state index in [1.165, 1.54) is 0 Å². The molecule has 6 heteroatoms. The number of benzene rings is 2. The summed E-state index contributed by atoms with van der Waals surface area (Å²) in [5.74, 6) is -0.512. The minimum atomic E-state index is -0.249. The van der Waals surface area contributed by atoms with Gasteiger partial charge in [-0.25, -0.2) is 0 Å². The number of carbonyl (C=O) groups excluding carboxylic acids is 2. The molecule has 0 saturated heterocycles. The van der Waals surface area contributed by atoms with Crippen LogP contribution in [0.1, 0.15) is 30.4 Å². The van der Waals surface area contributed by atoms with Crippen molar-refractivity contribution < 1.29 is 9.59 Å². The van der Waals surface area contributed by atoms with Crippen LogP contribution in [0.15, 0.2) is 41.4 Å². The Bertz CT molecular complexity index is 982. The van der Waals surface area contributed by atoms with E-state index in [0.29, 0.717) is 16.4 Å². The Balaban J connectivity index is 1.65. The predicted molar refractivity (Wildman–Crippen MR) is 113 cm³/mol. The van der Waals surface area contributed by atoms with Gasteiger partial charge in [0, 0.05) is 16.4 Å². The van der Waals surface area contributed by atoms with Gasteiger partial charge in [0.05, 0.1) is 17.3 Å². The maximum atomic E-state index is 13.3. The zero-order valence-electron chi connectivity index (χ0n) is 16.0. The Morgan fingerprint density at radius 1 is 1.21 bits per heavy atom. The topological polar surface area (TPSA) is 61.8 Å². The summed E-state index contributed by atoms with van der Waals surface area (Å²) in [7, 11) is 0. The number of aliphatic imine (C=N–C) groups is 1. The molecule has 28 heavy (non-hydrogen) atoms. The van der Waals surface area contributed by atoms with Crippen molar-refractivity contribution in [3.05, 3.63) is 52.5 Å². The molecule has 0 radical (unpaired) electrons. The quantitative estimate of drug-likeness (QED) is 0.810. The minimum absolute atomic E-state index is 0.0375. The van der Waals surface area contributed by atoms with Crippen LogP contribution < -0.4 is 10.2 Å². The molecular formula is C22H22ClN3O2. The van der Waals surface area contributed by atoms with Crippen molar-refractivity contribution in [3.63, 3.8) is 0 Å². The molecule has 1 aliphatic heterocycles. The monoisotopic (exact) mass is 395 g/mol. The normalized spacial score (nSPS) is 18.2. The highest BCUT2D eigenvalue weighted by molar-refractivity contribution is 6.30. The van der Waals surface area contributed by atoms with Gasteiger partial charge in [0.15, 0.2) is 0 Å². The molecule has 0 bridgehead atoms. The van der Waals surface area contributed by atoms with Crippen LogP contribution in [0, 0.1) is 19.8 Å². The minimum Gasteiger partial charge on any atom is -0.325 e. The Morgan fingerprint density at radius 2 is 1.93 bits per heavy atom. The second-order valence-electron chi connectivity index (χ2n) is 7.45. The van der Waals surface area contributed by atoms with Gasteiger partial charge in [-0.15, -0.1) is 0 Å². The molecule has 1 N–H and O–H groups in total. The van der Waals surface area contributed by atoms with Crippen molar-refractivity contribution >= 4 is 46.2 Å². The largest absolute Gasteiger partial charge is 0.325 e. The van der Waals surface area contributed by atoms with Crippen LogP contribution in [-0.2, 0) is 9.59 Å². The predicted octanol–water partition coefficient (Wildman–Crippen LogP) is 4.81. The number of fused-ring (bicyclic) bond motifs is 2. The van der Waals surface area contributed by atoms with Crippen LogP contribution >= 0.6 is 11.6 Å². The second-order valence-corrected chi connectivity index (χ2v) is 7.89. The van der Waals surface area contributed by atoms with Crippen molar-refractivity contribution in [1.29, 1.82) is 0 Å². The zero-order valence-corrected chi connectivity index (χ0v) is 16.7. The van der Waals surface area contributed by atoms with E-state index in [1.807, 2.05) is 26.0 Å². The van der Waals surface area contributed by atoms with Crippen LogP contribution in [0.4, 0.5) is 17.1 Å². The van der Waals surface area contributed by atoms with Gasteiger partial charge in [-0.3, -0.25) is 14.6 Å². The van der Waals surface area contributed by atoms with Crippen LogP contribution in [-0.4, -0.2) is 24.1 Å². The smallest absolute Gasteiger partial charge is 0.244 e. The highest BCUT2D eigenvalue weighted by atomic mass is 35.5. The maximum absolute atomic E-state index is 13.3. The summed E-state index contributed by atoms with van der Waals surface area (Å²) in [5, 5.41) is 3.45. The van der Waals surface area contributed by atoms with E-state index in [2.05, 4.69) is 5.32 Å². The third-order valence-corrected chi connectivity index (χ3v) is 5.72. The molecule has 2 amide bonds. The molecule has 0 aromatic heterocycles. The summed E-state index contributed by atoms with van der Waals surface area (Å²) in [4.78, 5) is 32.4. The molecule has 1 saturated carbocycles. The molecule has 5 nitrogen and oxygen atoms in total. The lowest BCUT2D eigenvalue weighted by Crippen LogP contribution is -2.41. The number of rotatable bonds is 3. The average Bonchev–Trinajstić information content (AvgIpc) is 3.09. The SMILES string of the molecule is Cc1cc2c(cc1C)N(CC(=O)Nc1ccc(Cl)cc1)C(=O)C1CCCC1=N2.